The van der Waals surface area contributed by atoms with E-state index in [4.69, 9.17) is 4.42 Å². The quantitative estimate of drug-likeness (QED) is 0.160. The number of rotatable bonds is 7. The highest BCUT2D eigenvalue weighted by Gasteiger charge is 2.19. The molecule has 0 amide bonds. The van der Waals surface area contributed by atoms with E-state index >= 15 is 0 Å². The Kier molecular flexibility index (Phi) is 8.39. The smallest absolute Gasteiger partial charge is 0.136 e. The lowest BCUT2D eigenvalue weighted by Crippen LogP contribution is -2.11. The molecule has 0 aliphatic rings. The van der Waals surface area contributed by atoms with Crippen molar-refractivity contribution in [1.82, 2.24) is 0 Å². The molecule has 0 bridgehead atoms. The van der Waals surface area contributed by atoms with Gasteiger partial charge in [0.05, 0.1) is 5.69 Å². The third-order valence-corrected chi connectivity index (χ3v) is 13.2. The molecule has 0 aliphatic carbocycles. The maximum Gasteiger partial charge on any atom is 0.136 e. The molecule has 0 spiro atoms. The highest BCUT2D eigenvalue weighted by atomic mass is 32.1. The molecule has 61 heavy (non-hydrogen) atoms. The van der Waals surface area contributed by atoms with Crippen LogP contribution in [0.4, 0.5) is 17.1 Å². The van der Waals surface area contributed by atoms with Crippen LogP contribution in [0.5, 0.6) is 0 Å². The van der Waals surface area contributed by atoms with Gasteiger partial charge in [0.25, 0.3) is 0 Å². The molecule has 0 unspecified atom stereocenters. The number of anilines is 3. The van der Waals surface area contributed by atoms with Crippen molar-refractivity contribution in [2.75, 3.05) is 4.90 Å². The summed E-state index contributed by atoms with van der Waals surface area (Å²) in [6.07, 6.45) is 0. The fourth-order valence-corrected chi connectivity index (χ4v) is 10.2. The monoisotopic (exact) mass is 795 g/mol. The van der Waals surface area contributed by atoms with Crippen LogP contribution in [-0.2, 0) is 0 Å². The summed E-state index contributed by atoms with van der Waals surface area (Å²) in [5, 5.41) is 7.39. The summed E-state index contributed by atoms with van der Waals surface area (Å²) in [5.74, 6) is 0. The molecule has 286 valence electrons. The topological polar surface area (TPSA) is 16.4 Å². The van der Waals surface area contributed by atoms with Crippen molar-refractivity contribution in [2.45, 2.75) is 0 Å². The Labute approximate surface area is 357 Å². The molecule has 2 heterocycles. The van der Waals surface area contributed by atoms with Crippen LogP contribution in [-0.4, -0.2) is 0 Å². The second kappa shape index (κ2) is 14.5. The van der Waals surface area contributed by atoms with Crippen molar-refractivity contribution in [2.24, 2.45) is 0 Å². The fourth-order valence-electron chi connectivity index (χ4n) is 9.09. The third kappa shape index (κ3) is 6.18. The van der Waals surface area contributed by atoms with Crippen LogP contribution in [0.2, 0.25) is 0 Å². The maximum atomic E-state index is 6.27. The summed E-state index contributed by atoms with van der Waals surface area (Å²) < 4.78 is 8.91. The zero-order valence-electron chi connectivity index (χ0n) is 33.1. The first kappa shape index (κ1) is 35.2. The van der Waals surface area contributed by atoms with Crippen molar-refractivity contribution >= 4 is 81.3 Å². The largest absolute Gasteiger partial charge is 0.456 e. The molecule has 3 heteroatoms. The van der Waals surface area contributed by atoms with Gasteiger partial charge in [0, 0.05) is 47.9 Å². The molecule has 0 N–H and O–H groups in total. The second-order valence-corrected chi connectivity index (χ2v) is 16.8. The number of fused-ring (bicyclic) bond motifs is 7. The lowest BCUT2D eigenvalue weighted by atomic mass is 9.94. The Hall–Kier alpha value is -7.72. The number of nitrogens with zero attached hydrogens (tertiary/aromatic N) is 1. The number of hydrogen-bond acceptors (Lipinski definition) is 3. The number of benzene rings is 10. The summed E-state index contributed by atoms with van der Waals surface area (Å²) in [5.41, 5.74) is 14.5. The van der Waals surface area contributed by atoms with E-state index in [1.54, 1.807) is 0 Å². The minimum Gasteiger partial charge on any atom is -0.456 e. The first-order valence-corrected chi connectivity index (χ1v) is 21.5. The summed E-state index contributed by atoms with van der Waals surface area (Å²) >= 11 is 1.86. The first-order valence-electron chi connectivity index (χ1n) is 20.7. The van der Waals surface area contributed by atoms with Gasteiger partial charge in [-0.1, -0.05) is 152 Å². The molecule has 0 saturated carbocycles. The van der Waals surface area contributed by atoms with Gasteiger partial charge in [-0.15, -0.1) is 11.3 Å². The molecule has 0 atom stereocenters. The van der Waals surface area contributed by atoms with Crippen molar-refractivity contribution in [3.8, 4) is 44.5 Å². The van der Waals surface area contributed by atoms with Crippen molar-refractivity contribution in [3.63, 3.8) is 0 Å². The van der Waals surface area contributed by atoms with Crippen LogP contribution in [0, 0.1) is 0 Å². The fraction of sp³-hybridized carbons (Fsp3) is 0. The molecule has 2 nitrogen and oxygen atoms in total. The van der Waals surface area contributed by atoms with E-state index in [2.05, 4.69) is 217 Å². The van der Waals surface area contributed by atoms with Crippen LogP contribution in [0.25, 0.3) is 97.4 Å². The van der Waals surface area contributed by atoms with E-state index in [0.717, 1.165) is 61.3 Å². The highest BCUT2D eigenvalue weighted by Crippen LogP contribution is 2.44. The molecule has 0 saturated heterocycles. The number of thiophene rings is 1. The van der Waals surface area contributed by atoms with Gasteiger partial charge in [-0.2, -0.15) is 0 Å². The van der Waals surface area contributed by atoms with Gasteiger partial charge in [0.2, 0.25) is 0 Å². The Balaban J connectivity index is 0.966. The van der Waals surface area contributed by atoms with Gasteiger partial charge in [-0.05, 0) is 123 Å². The van der Waals surface area contributed by atoms with E-state index in [1.807, 2.05) is 23.5 Å². The Bertz CT molecular complexity index is 3590. The summed E-state index contributed by atoms with van der Waals surface area (Å²) in [6.45, 7) is 0. The first-order chi connectivity index (χ1) is 30.2. The van der Waals surface area contributed by atoms with Gasteiger partial charge < -0.3 is 9.32 Å². The maximum absolute atomic E-state index is 6.27. The molecular formula is C58H37NOS. The van der Waals surface area contributed by atoms with Gasteiger partial charge >= 0.3 is 0 Å². The summed E-state index contributed by atoms with van der Waals surface area (Å²) in [7, 11) is 0. The van der Waals surface area contributed by atoms with Gasteiger partial charge in [-0.25, -0.2) is 0 Å². The lowest BCUT2D eigenvalue weighted by Gasteiger charge is -2.28. The average Bonchev–Trinajstić information content (AvgIpc) is 3.90. The zero-order valence-corrected chi connectivity index (χ0v) is 33.9. The van der Waals surface area contributed by atoms with Crippen molar-refractivity contribution in [1.29, 1.82) is 0 Å². The second-order valence-electron chi connectivity index (χ2n) is 15.7. The normalized spacial score (nSPS) is 11.6. The highest BCUT2D eigenvalue weighted by molar-refractivity contribution is 7.25. The molecule has 0 radical (unpaired) electrons. The van der Waals surface area contributed by atoms with E-state index in [9.17, 15) is 0 Å². The zero-order chi connectivity index (χ0) is 40.3. The minimum absolute atomic E-state index is 0.899. The number of hydrogen-bond donors (Lipinski definition) is 0. The molecule has 0 fully saturated rings. The van der Waals surface area contributed by atoms with Crippen LogP contribution < -0.4 is 4.90 Å². The predicted molar refractivity (Wildman–Crippen MR) is 261 cm³/mol. The van der Waals surface area contributed by atoms with E-state index in [0.29, 0.717) is 0 Å². The predicted octanol–water partition coefficient (Wildman–Crippen LogP) is 17.2. The standard InChI is InChI=1S/C58H37NOS/c1-2-15-47-40(11-1)12-10-19-48(47)43-13-9-14-44(35-43)49-16-3-6-20-54(49)59(45-29-23-38(24-30-45)41-28-34-58-53(36-41)52-18-5-8-22-57(52)61-58)46-31-25-39(26-32-46)42-27-33-51-50-17-4-7-21-55(50)60-56(51)37-42/h1-37H. The van der Waals surface area contributed by atoms with E-state index in [1.165, 1.54) is 53.2 Å². The molecule has 2 aromatic heterocycles. The Morgan fingerprint density at radius 3 is 1.69 bits per heavy atom. The Morgan fingerprint density at radius 2 is 0.869 bits per heavy atom. The SMILES string of the molecule is c1cc(-c2ccccc2N(c2ccc(-c3ccc4c(c3)oc3ccccc34)cc2)c2ccc(-c3ccc4sc5ccccc5c4c3)cc2)cc(-c2cccc3ccccc23)c1. The average molecular weight is 796 g/mol. The van der Waals surface area contributed by atoms with Crippen LogP contribution in [0.3, 0.4) is 0 Å². The third-order valence-electron chi connectivity index (χ3n) is 12.1. The van der Waals surface area contributed by atoms with Crippen molar-refractivity contribution in [3.05, 3.63) is 224 Å². The van der Waals surface area contributed by atoms with E-state index < -0.39 is 0 Å². The van der Waals surface area contributed by atoms with Gasteiger partial charge in [0.1, 0.15) is 11.2 Å². The number of furan rings is 1. The minimum atomic E-state index is 0.899. The summed E-state index contributed by atoms with van der Waals surface area (Å²) in [4.78, 5) is 2.39. The van der Waals surface area contributed by atoms with Gasteiger partial charge in [-0.3, -0.25) is 0 Å². The van der Waals surface area contributed by atoms with Crippen LogP contribution in [0.15, 0.2) is 229 Å². The number of para-hydroxylation sites is 2. The van der Waals surface area contributed by atoms with Crippen LogP contribution in [0.1, 0.15) is 0 Å². The molecule has 10 aromatic carbocycles. The molecule has 12 rings (SSSR count). The Morgan fingerprint density at radius 1 is 0.311 bits per heavy atom. The molecule has 12 aromatic rings. The van der Waals surface area contributed by atoms with Crippen molar-refractivity contribution < 1.29 is 4.42 Å². The van der Waals surface area contributed by atoms with E-state index in [-0.39, 0.29) is 0 Å². The lowest BCUT2D eigenvalue weighted by molar-refractivity contribution is 0.669. The summed E-state index contributed by atoms with van der Waals surface area (Å²) in [6, 6.07) is 81.3. The van der Waals surface area contributed by atoms with Gasteiger partial charge in [0.15, 0.2) is 0 Å². The molecular weight excluding hydrogens is 759 g/mol. The molecule has 0 aliphatic heterocycles. The van der Waals surface area contributed by atoms with Crippen LogP contribution >= 0.6 is 11.3 Å².